The van der Waals surface area contributed by atoms with E-state index in [0.717, 1.165) is 11.9 Å². The van der Waals surface area contributed by atoms with Crippen molar-refractivity contribution in [3.05, 3.63) is 50.7 Å². The number of aliphatic hydroxyl groups is 1. The van der Waals surface area contributed by atoms with E-state index in [-0.39, 0.29) is 52.9 Å². The summed E-state index contributed by atoms with van der Waals surface area (Å²) in [6.45, 7) is 12.7. The number of ether oxygens (including phenoxy) is 2. The van der Waals surface area contributed by atoms with Crippen LogP contribution in [0.4, 0.5) is 10.3 Å². The van der Waals surface area contributed by atoms with E-state index in [9.17, 15) is 9.90 Å². The lowest BCUT2D eigenvalue weighted by molar-refractivity contribution is -0.0420. The molecular formula is C29H37ClFN5O4. The predicted octanol–water partition coefficient (Wildman–Crippen LogP) is 4.31. The van der Waals surface area contributed by atoms with Crippen LogP contribution in [0.3, 0.4) is 0 Å². The molecule has 0 aliphatic carbocycles. The monoisotopic (exact) mass is 573 g/mol. The first-order valence-electron chi connectivity index (χ1n) is 13.8. The number of fused-ring (bicyclic) bond motifs is 1. The molecule has 40 heavy (non-hydrogen) atoms. The molecule has 4 heterocycles. The first kappa shape index (κ1) is 28.9. The van der Waals surface area contributed by atoms with Crippen LogP contribution in [0.1, 0.15) is 51.4 Å². The molecule has 4 atom stereocenters. The normalized spacial score (nSPS) is 24.1. The van der Waals surface area contributed by atoms with Gasteiger partial charge in [-0.2, -0.15) is 0 Å². The summed E-state index contributed by atoms with van der Waals surface area (Å²) < 4.78 is 28.3. The van der Waals surface area contributed by atoms with Crippen molar-refractivity contribution in [1.82, 2.24) is 19.4 Å². The number of morpholine rings is 1. The maximum Gasteiger partial charge on any atom is 0.223 e. The molecule has 0 saturated carbocycles. The topological polar surface area (TPSA) is 102 Å². The third-order valence-electron chi connectivity index (χ3n) is 8.01. The summed E-state index contributed by atoms with van der Waals surface area (Å²) in [4.78, 5) is 24.5. The van der Waals surface area contributed by atoms with Crippen LogP contribution in [0.25, 0.3) is 22.2 Å². The van der Waals surface area contributed by atoms with Gasteiger partial charge in [0.15, 0.2) is 11.2 Å². The number of benzene rings is 1. The van der Waals surface area contributed by atoms with E-state index in [4.69, 9.17) is 21.1 Å². The molecule has 2 aromatic heterocycles. The summed E-state index contributed by atoms with van der Waals surface area (Å²) in [6, 6.07) is 3.36. The Morgan fingerprint density at radius 2 is 1.93 bits per heavy atom. The van der Waals surface area contributed by atoms with Crippen molar-refractivity contribution in [2.75, 3.05) is 31.7 Å². The molecule has 0 bridgehead atoms. The van der Waals surface area contributed by atoms with Crippen LogP contribution in [0, 0.1) is 12.7 Å². The molecule has 0 radical (unpaired) electrons. The minimum atomic E-state index is -0.728. The van der Waals surface area contributed by atoms with Crippen molar-refractivity contribution in [1.29, 1.82) is 0 Å². The van der Waals surface area contributed by atoms with Crippen molar-refractivity contribution >= 4 is 28.5 Å². The van der Waals surface area contributed by atoms with Gasteiger partial charge in [0.2, 0.25) is 5.95 Å². The number of aliphatic hydroxyl groups excluding tert-OH is 1. The first-order chi connectivity index (χ1) is 19.1. The quantitative estimate of drug-likeness (QED) is 0.450. The summed E-state index contributed by atoms with van der Waals surface area (Å²) in [5, 5.41) is 14.1. The van der Waals surface area contributed by atoms with Gasteiger partial charge in [-0.1, -0.05) is 17.7 Å². The number of nitrogens with zero attached hydrogens (tertiary/aromatic N) is 4. The van der Waals surface area contributed by atoms with Gasteiger partial charge in [-0.25, -0.2) is 14.4 Å². The molecular weight excluding hydrogens is 537 g/mol. The lowest BCUT2D eigenvalue weighted by Gasteiger charge is -2.40. The van der Waals surface area contributed by atoms with Crippen molar-refractivity contribution in [2.45, 2.75) is 77.9 Å². The Hall–Kier alpha value is -2.63. The Bertz CT molecular complexity index is 1450. The molecule has 2 N–H and O–H groups in total. The summed E-state index contributed by atoms with van der Waals surface area (Å²) in [5.41, 5.74) is 2.40. The lowest BCUT2D eigenvalue weighted by Crippen LogP contribution is -2.49. The Kier molecular flexibility index (Phi) is 8.45. The molecule has 2 aliphatic heterocycles. The van der Waals surface area contributed by atoms with E-state index < -0.39 is 11.9 Å². The number of nitrogens with one attached hydrogen (secondary N) is 1. The summed E-state index contributed by atoms with van der Waals surface area (Å²) in [5.74, 6) is -0.458. The van der Waals surface area contributed by atoms with Crippen LogP contribution >= 0.6 is 11.6 Å². The minimum Gasteiger partial charge on any atom is -0.389 e. The zero-order valence-corrected chi connectivity index (χ0v) is 24.3. The maximum atomic E-state index is 15.2. The maximum absolute atomic E-state index is 15.2. The standard InChI is InChI=1S/C29H37ClFN5O4/c1-15(2)36-23(11-35-16(3)12-40-13-17(35)4)18(5)28(38)20-7-6-19(25(30)27(20)36)26-21(31)10-32-29(34-26)33-22-8-9-39-14-24(22)37/h6-7,10,15-17,22,24,37H,8-9,11-14H2,1-5H3,(H,32,33,34)/t16-,17-,22-,24-/m1/s1. The van der Waals surface area contributed by atoms with Crippen LogP contribution in [0.15, 0.2) is 23.1 Å². The fourth-order valence-electron chi connectivity index (χ4n) is 5.78. The average molecular weight is 574 g/mol. The zero-order valence-electron chi connectivity index (χ0n) is 23.6. The smallest absolute Gasteiger partial charge is 0.223 e. The van der Waals surface area contributed by atoms with Gasteiger partial charge < -0.3 is 24.5 Å². The highest BCUT2D eigenvalue weighted by atomic mass is 35.5. The van der Waals surface area contributed by atoms with Gasteiger partial charge in [0.25, 0.3) is 0 Å². The number of hydrogen-bond acceptors (Lipinski definition) is 8. The molecule has 9 nitrogen and oxygen atoms in total. The van der Waals surface area contributed by atoms with Crippen LogP contribution in [0.5, 0.6) is 0 Å². The fraction of sp³-hybridized carbons (Fsp3) is 0.552. The number of pyridine rings is 1. The van der Waals surface area contributed by atoms with E-state index in [1.807, 2.05) is 6.92 Å². The van der Waals surface area contributed by atoms with Gasteiger partial charge in [-0.3, -0.25) is 9.69 Å². The first-order valence-corrected chi connectivity index (χ1v) is 14.2. The molecule has 0 spiro atoms. The summed E-state index contributed by atoms with van der Waals surface area (Å²) >= 11 is 7.06. The molecule has 0 unspecified atom stereocenters. The Morgan fingerprint density at radius 3 is 2.60 bits per heavy atom. The lowest BCUT2D eigenvalue weighted by atomic mass is 10.0. The number of halogens is 2. The number of rotatable bonds is 6. The van der Waals surface area contributed by atoms with Crippen molar-refractivity contribution in [3.63, 3.8) is 0 Å². The molecule has 3 aromatic rings. The molecule has 5 rings (SSSR count). The van der Waals surface area contributed by atoms with Gasteiger partial charge in [0, 0.05) is 53.5 Å². The largest absolute Gasteiger partial charge is 0.389 e. The number of anilines is 1. The highest BCUT2D eigenvalue weighted by Crippen LogP contribution is 2.37. The molecule has 2 aliphatic rings. The van der Waals surface area contributed by atoms with Crippen LogP contribution < -0.4 is 10.7 Å². The Balaban J connectivity index is 1.64. The van der Waals surface area contributed by atoms with Gasteiger partial charge in [-0.05, 0) is 47.1 Å². The van der Waals surface area contributed by atoms with E-state index in [1.54, 1.807) is 12.1 Å². The van der Waals surface area contributed by atoms with E-state index >= 15 is 4.39 Å². The molecule has 11 heteroatoms. The Morgan fingerprint density at radius 1 is 1.20 bits per heavy atom. The van der Waals surface area contributed by atoms with Crippen molar-refractivity contribution < 1.29 is 19.0 Å². The highest BCUT2D eigenvalue weighted by Gasteiger charge is 2.29. The second kappa shape index (κ2) is 11.7. The third kappa shape index (κ3) is 5.35. The summed E-state index contributed by atoms with van der Waals surface area (Å²) in [6.07, 6.45) is 0.930. The van der Waals surface area contributed by atoms with Gasteiger partial charge in [-0.15, -0.1) is 0 Å². The average Bonchev–Trinajstić information content (AvgIpc) is 2.91. The zero-order chi connectivity index (χ0) is 28.7. The third-order valence-corrected chi connectivity index (χ3v) is 8.39. The second-order valence-electron chi connectivity index (χ2n) is 11.2. The SMILES string of the molecule is Cc1c(CN2[C@H](C)COC[C@H]2C)n(C(C)C)c2c(Cl)c(-c3nc(N[C@@H]4CCOC[C@H]4O)ncc3F)ccc2c1=O. The van der Waals surface area contributed by atoms with E-state index in [0.29, 0.717) is 54.8 Å². The predicted molar refractivity (Wildman–Crippen MR) is 153 cm³/mol. The van der Waals surface area contributed by atoms with Gasteiger partial charge >= 0.3 is 0 Å². The van der Waals surface area contributed by atoms with Crippen molar-refractivity contribution in [3.8, 4) is 11.3 Å². The van der Waals surface area contributed by atoms with Crippen LogP contribution in [-0.4, -0.2) is 75.2 Å². The fourth-order valence-corrected chi connectivity index (χ4v) is 6.13. The molecule has 1 aromatic carbocycles. The molecule has 0 amide bonds. The molecule has 2 fully saturated rings. The number of aromatic nitrogens is 3. The molecule has 216 valence electrons. The second-order valence-corrected chi connectivity index (χ2v) is 11.5. The molecule has 2 saturated heterocycles. The number of hydrogen-bond donors (Lipinski definition) is 2. The highest BCUT2D eigenvalue weighted by molar-refractivity contribution is 6.37. The Labute approximate surface area is 238 Å². The summed E-state index contributed by atoms with van der Waals surface area (Å²) in [7, 11) is 0. The van der Waals surface area contributed by atoms with E-state index in [2.05, 4.69) is 52.4 Å². The van der Waals surface area contributed by atoms with Crippen LogP contribution in [-0.2, 0) is 16.0 Å². The van der Waals surface area contributed by atoms with Crippen molar-refractivity contribution in [2.24, 2.45) is 0 Å². The van der Waals surface area contributed by atoms with Gasteiger partial charge in [0.1, 0.15) is 5.69 Å². The minimum absolute atomic E-state index is 0.0197. The van der Waals surface area contributed by atoms with Gasteiger partial charge in [0.05, 0.1) is 48.7 Å². The van der Waals surface area contributed by atoms with Crippen LogP contribution in [0.2, 0.25) is 5.02 Å². The van der Waals surface area contributed by atoms with E-state index in [1.165, 1.54) is 0 Å².